The molecule has 4 rings (SSSR count). The summed E-state index contributed by atoms with van der Waals surface area (Å²) < 4.78 is 11.0. The van der Waals surface area contributed by atoms with E-state index in [4.69, 9.17) is 9.47 Å². The van der Waals surface area contributed by atoms with Gasteiger partial charge >= 0.3 is 0 Å². The zero-order chi connectivity index (χ0) is 16.5. The molecule has 0 atom stereocenters. The Morgan fingerprint density at radius 2 is 2.12 bits per heavy atom. The van der Waals surface area contributed by atoms with Gasteiger partial charge in [0.1, 0.15) is 5.75 Å². The first-order valence-corrected chi connectivity index (χ1v) is 8.66. The van der Waals surface area contributed by atoms with Crippen LogP contribution < -0.4 is 14.4 Å². The van der Waals surface area contributed by atoms with Crippen LogP contribution in [0.15, 0.2) is 24.4 Å². The highest BCUT2D eigenvalue weighted by molar-refractivity contribution is 6.07. The van der Waals surface area contributed by atoms with Crippen LogP contribution in [-0.2, 0) is 4.79 Å². The topological polar surface area (TPSA) is 51.7 Å². The van der Waals surface area contributed by atoms with Gasteiger partial charge in [-0.25, -0.2) is 0 Å². The number of hydrogen-bond acceptors (Lipinski definition) is 4. The summed E-state index contributed by atoms with van der Waals surface area (Å²) in [6.45, 7) is 0.863. The molecule has 0 N–H and O–H groups in total. The van der Waals surface area contributed by atoms with Gasteiger partial charge in [0.15, 0.2) is 12.4 Å². The molecule has 24 heavy (non-hydrogen) atoms. The van der Waals surface area contributed by atoms with E-state index in [0.717, 1.165) is 28.9 Å². The second-order valence-corrected chi connectivity index (χ2v) is 6.65. The van der Waals surface area contributed by atoms with Gasteiger partial charge in [-0.2, -0.15) is 0 Å². The molecule has 2 heterocycles. The monoisotopic (exact) mass is 326 g/mol. The number of anilines is 1. The Bertz CT molecular complexity index is 763. The van der Waals surface area contributed by atoms with E-state index in [2.05, 4.69) is 4.98 Å². The maximum absolute atomic E-state index is 12.6. The number of carbonyl (C=O) groups is 1. The lowest BCUT2D eigenvalue weighted by Gasteiger charge is -2.34. The van der Waals surface area contributed by atoms with Gasteiger partial charge in [-0.05, 0) is 37.0 Å². The number of ether oxygens (including phenoxy) is 2. The molecule has 1 aliphatic heterocycles. The lowest BCUT2D eigenvalue weighted by atomic mass is 9.88. The summed E-state index contributed by atoms with van der Waals surface area (Å²) in [6, 6.07) is 5.75. The number of carbonyl (C=O) groups excluding carboxylic acids is 1. The number of aromatic nitrogens is 1. The maximum atomic E-state index is 12.6. The van der Waals surface area contributed by atoms with Crippen molar-refractivity contribution in [2.45, 2.75) is 32.1 Å². The van der Waals surface area contributed by atoms with Gasteiger partial charge in [-0.1, -0.05) is 19.3 Å². The summed E-state index contributed by atoms with van der Waals surface area (Å²) in [7, 11) is 1.64. The highest BCUT2D eigenvalue weighted by Crippen LogP contribution is 2.40. The molecule has 2 aromatic rings. The summed E-state index contributed by atoms with van der Waals surface area (Å²) in [5.41, 5.74) is 1.70. The van der Waals surface area contributed by atoms with Crippen LogP contribution in [-0.4, -0.2) is 31.2 Å². The van der Waals surface area contributed by atoms with Crippen molar-refractivity contribution >= 4 is 22.5 Å². The lowest BCUT2D eigenvalue weighted by molar-refractivity contribution is -0.121. The van der Waals surface area contributed by atoms with E-state index >= 15 is 0 Å². The van der Waals surface area contributed by atoms with Crippen molar-refractivity contribution < 1.29 is 14.3 Å². The van der Waals surface area contributed by atoms with E-state index in [-0.39, 0.29) is 12.5 Å². The smallest absolute Gasteiger partial charge is 0.265 e. The first kappa shape index (κ1) is 15.2. The standard InChI is InChI=1S/C19H22N2O3/c1-23-14-7-8-16-15(9-14)19-17(10-20-16)24-12-18(22)21(19)11-13-5-3-2-4-6-13/h7-10,13H,2-6,11-12H2,1H3. The molecule has 1 saturated carbocycles. The molecular weight excluding hydrogens is 304 g/mol. The molecule has 1 aromatic heterocycles. The highest BCUT2D eigenvalue weighted by atomic mass is 16.5. The summed E-state index contributed by atoms with van der Waals surface area (Å²) in [5.74, 6) is 2.05. The third-order valence-electron chi connectivity index (χ3n) is 5.10. The molecular formula is C19H22N2O3. The summed E-state index contributed by atoms with van der Waals surface area (Å²) in [5, 5.41) is 0.913. The summed E-state index contributed by atoms with van der Waals surface area (Å²) in [4.78, 5) is 19.0. The number of nitrogens with zero attached hydrogens (tertiary/aromatic N) is 2. The van der Waals surface area contributed by atoms with Gasteiger partial charge in [-0.3, -0.25) is 9.78 Å². The Balaban J connectivity index is 1.78. The molecule has 0 unspecified atom stereocenters. The fraction of sp³-hybridized carbons (Fsp3) is 0.474. The second kappa shape index (κ2) is 6.30. The fourth-order valence-electron chi connectivity index (χ4n) is 3.81. The third-order valence-corrected chi connectivity index (χ3v) is 5.10. The van der Waals surface area contributed by atoms with Crippen LogP contribution in [0.2, 0.25) is 0 Å². The van der Waals surface area contributed by atoms with Crippen molar-refractivity contribution in [1.82, 2.24) is 4.98 Å². The normalized spacial score (nSPS) is 18.4. The maximum Gasteiger partial charge on any atom is 0.265 e. The Kier molecular flexibility index (Phi) is 4.00. The van der Waals surface area contributed by atoms with Crippen molar-refractivity contribution in [2.75, 3.05) is 25.2 Å². The number of rotatable bonds is 3. The zero-order valence-electron chi connectivity index (χ0n) is 14.0. The van der Waals surface area contributed by atoms with Crippen molar-refractivity contribution in [3.05, 3.63) is 24.4 Å². The van der Waals surface area contributed by atoms with E-state index in [1.807, 2.05) is 23.1 Å². The van der Waals surface area contributed by atoms with Gasteiger partial charge in [0.05, 0.1) is 24.5 Å². The first-order valence-electron chi connectivity index (χ1n) is 8.66. The predicted molar refractivity (Wildman–Crippen MR) is 92.7 cm³/mol. The molecule has 0 saturated heterocycles. The molecule has 1 amide bonds. The average molecular weight is 326 g/mol. The molecule has 0 bridgehead atoms. The Morgan fingerprint density at radius 3 is 2.92 bits per heavy atom. The second-order valence-electron chi connectivity index (χ2n) is 6.65. The average Bonchev–Trinajstić information content (AvgIpc) is 2.64. The van der Waals surface area contributed by atoms with Crippen LogP contribution in [0.4, 0.5) is 5.69 Å². The van der Waals surface area contributed by atoms with E-state index in [1.54, 1.807) is 13.3 Å². The van der Waals surface area contributed by atoms with Crippen molar-refractivity contribution in [2.24, 2.45) is 5.92 Å². The molecule has 1 fully saturated rings. The number of pyridine rings is 1. The lowest BCUT2D eigenvalue weighted by Crippen LogP contribution is -2.42. The van der Waals surface area contributed by atoms with Crippen LogP contribution in [0.5, 0.6) is 11.5 Å². The van der Waals surface area contributed by atoms with Crippen molar-refractivity contribution in [3.8, 4) is 11.5 Å². The van der Waals surface area contributed by atoms with Crippen LogP contribution in [0.1, 0.15) is 32.1 Å². The minimum Gasteiger partial charge on any atom is -0.497 e. The Hall–Kier alpha value is -2.30. The van der Waals surface area contributed by atoms with Gasteiger partial charge in [0, 0.05) is 11.9 Å². The van der Waals surface area contributed by atoms with E-state index < -0.39 is 0 Å². The van der Waals surface area contributed by atoms with Crippen LogP contribution in [0.3, 0.4) is 0 Å². The summed E-state index contributed by atoms with van der Waals surface area (Å²) >= 11 is 0. The molecule has 126 valence electrons. The van der Waals surface area contributed by atoms with Crippen LogP contribution >= 0.6 is 0 Å². The molecule has 5 nitrogen and oxygen atoms in total. The van der Waals surface area contributed by atoms with Gasteiger partial charge < -0.3 is 14.4 Å². The quantitative estimate of drug-likeness (QED) is 0.865. The van der Waals surface area contributed by atoms with Gasteiger partial charge in [-0.15, -0.1) is 0 Å². The predicted octanol–water partition coefficient (Wildman–Crippen LogP) is 3.55. The molecule has 0 spiro atoms. The minimum absolute atomic E-state index is 0.0309. The van der Waals surface area contributed by atoms with Crippen LogP contribution in [0, 0.1) is 5.92 Å². The van der Waals surface area contributed by atoms with Gasteiger partial charge in [0.2, 0.25) is 0 Å². The number of fused-ring (bicyclic) bond motifs is 3. The van der Waals surface area contributed by atoms with Crippen molar-refractivity contribution in [1.29, 1.82) is 0 Å². The van der Waals surface area contributed by atoms with Crippen molar-refractivity contribution in [3.63, 3.8) is 0 Å². The number of benzene rings is 1. The third kappa shape index (κ3) is 2.68. The number of methoxy groups -OCH3 is 1. The van der Waals surface area contributed by atoms with Gasteiger partial charge in [0.25, 0.3) is 5.91 Å². The molecule has 2 aliphatic rings. The first-order chi connectivity index (χ1) is 11.8. The SMILES string of the molecule is COc1ccc2ncc3c(c2c1)N(CC1CCCCC1)C(=O)CO3. The van der Waals surface area contributed by atoms with Crippen LogP contribution in [0.25, 0.3) is 10.9 Å². The Morgan fingerprint density at radius 1 is 1.29 bits per heavy atom. The molecule has 5 heteroatoms. The highest BCUT2D eigenvalue weighted by Gasteiger charge is 2.30. The molecule has 1 aromatic carbocycles. The van der Waals surface area contributed by atoms with E-state index in [0.29, 0.717) is 11.7 Å². The number of amides is 1. The minimum atomic E-state index is 0.0309. The Labute approximate surface area is 141 Å². The number of hydrogen-bond donors (Lipinski definition) is 0. The van der Waals surface area contributed by atoms with E-state index in [9.17, 15) is 4.79 Å². The molecule has 1 aliphatic carbocycles. The zero-order valence-corrected chi connectivity index (χ0v) is 14.0. The molecule has 0 radical (unpaired) electrons. The largest absolute Gasteiger partial charge is 0.497 e. The van der Waals surface area contributed by atoms with E-state index in [1.165, 1.54) is 32.1 Å². The summed E-state index contributed by atoms with van der Waals surface area (Å²) in [6.07, 6.45) is 7.97. The fourth-order valence-corrected chi connectivity index (χ4v) is 3.81.